The Bertz CT molecular complexity index is 1020. The lowest BCUT2D eigenvalue weighted by Crippen LogP contribution is -2.42. The third-order valence-electron chi connectivity index (χ3n) is 6.15. The van der Waals surface area contributed by atoms with E-state index in [0.717, 1.165) is 11.1 Å². The monoisotopic (exact) mass is 473 g/mol. The molecule has 0 aromatic carbocycles. The van der Waals surface area contributed by atoms with Crippen LogP contribution in [0.25, 0.3) is 0 Å². The standard InChI is InChI=1S/C23H27N3O8/c1-14-5-18(10-22(3,8-14)25(29)30)33-20(27)16-7-17(13-24-12-16)21(28)34-19-6-15(2)9-23(4,11-19)26(31)32/h5-7,12-13,18-19H,8-11H2,1-4H3. The Labute approximate surface area is 196 Å². The van der Waals surface area contributed by atoms with Gasteiger partial charge in [0.15, 0.2) is 0 Å². The van der Waals surface area contributed by atoms with Crippen molar-refractivity contribution in [2.75, 3.05) is 0 Å². The SMILES string of the molecule is CC1=CC(OC(=O)c2cncc(C(=O)OC3C=C(C)CC(C)([N+](=O)[O-])C3)c2)CC(C)([N+](=O)[O-])C1. The van der Waals surface area contributed by atoms with E-state index in [1.807, 2.05) is 0 Å². The second-order valence-corrected chi connectivity index (χ2v) is 9.65. The van der Waals surface area contributed by atoms with Crippen molar-refractivity contribution in [1.29, 1.82) is 0 Å². The third-order valence-corrected chi connectivity index (χ3v) is 6.15. The number of hydrogen-bond donors (Lipinski definition) is 0. The highest BCUT2D eigenvalue weighted by Crippen LogP contribution is 2.33. The zero-order valence-electron chi connectivity index (χ0n) is 19.5. The quantitative estimate of drug-likeness (QED) is 0.261. The van der Waals surface area contributed by atoms with Crippen molar-refractivity contribution in [2.45, 2.75) is 76.7 Å². The van der Waals surface area contributed by atoms with Crippen LogP contribution in [0.5, 0.6) is 0 Å². The smallest absolute Gasteiger partial charge is 0.340 e. The first-order valence-corrected chi connectivity index (χ1v) is 10.8. The summed E-state index contributed by atoms with van der Waals surface area (Å²) in [6.07, 6.45) is 4.81. The Morgan fingerprint density at radius 1 is 0.882 bits per heavy atom. The van der Waals surface area contributed by atoms with Crippen LogP contribution in [0.2, 0.25) is 0 Å². The lowest BCUT2D eigenvalue weighted by molar-refractivity contribution is -0.568. The summed E-state index contributed by atoms with van der Waals surface area (Å²) in [4.78, 5) is 51.4. The highest BCUT2D eigenvalue weighted by Gasteiger charge is 2.44. The summed E-state index contributed by atoms with van der Waals surface area (Å²) in [6, 6.07) is 1.26. The van der Waals surface area contributed by atoms with Crippen molar-refractivity contribution in [1.82, 2.24) is 4.98 Å². The fourth-order valence-corrected chi connectivity index (χ4v) is 4.59. The molecule has 2 aliphatic rings. The zero-order chi connectivity index (χ0) is 25.3. The molecule has 0 spiro atoms. The van der Waals surface area contributed by atoms with E-state index < -0.39 is 35.2 Å². The molecule has 0 radical (unpaired) electrons. The maximum atomic E-state index is 12.7. The highest BCUT2D eigenvalue weighted by atomic mass is 16.6. The van der Waals surface area contributed by atoms with Crippen molar-refractivity contribution >= 4 is 11.9 Å². The van der Waals surface area contributed by atoms with Crippen LogP contribution < -0.4 is 0 Å². The fraction of sp³-hybridized carbons (Fsp3) is 0.522. The third kappa shape index (κ3) is 5.46. The Balaban J connectivity index is 1.71. The van der Waals surface area contributed by atoms with E-state index in [1.54, 1.807) is 26.0 Å². The lowest BCUT2D eigenvalue weighted by Gasteiger charge is -2.29. The molecule has 0 amide bonds. The Kier molecular flexibility index (Phi) is 6.85. The van der Waals surface area contributed by atoms with Gasteiger partial charge in [-0.25, -0.2) is 9.59 Å². The molecule has 0 saturated heterocycles. The van der Waals surface area contributed by atoms with E-state index in [1.165, 1.54) is 32.3 Å². The van der Waals surface area contributed by atoms with Crippen molar-refractivity contribution in [3.63, 3.8) is 0 Å². The minimum Gasteiger partial charge on any atom is -0.454 e. The molecule has 4 atom stereocenters. The van der Waals surface area contributed by atoms with Gasteiger partial charge < -0.3 is 9.47 Å². The number of aromatic nitrogens is 1. The van der Waals surface area contributed by atoms with E-state index in [4.69, 9.17) is 9.47 Å². The van der Waals surface area contributed by atoms with Crippen LogP contribution in [0.15, 0.2) is 41.8 Å². The van der Waals surface area contributed by atoms with Gasteiger partial charge in [-0.2, -0.15) is 0 Å². The molecule has 11 heteroatoms. The molecule has 0 bridgehead atoms. The van der Waals surface area contributed by atoms with Crippen molar-refractivity contribution in [2.24, 2.45) is 0 Å². The van der Waals surface area contributed by atoms with E-state index >= 15 is 0 Å². The lowest BCUT2D eigenvalue weighted by atomic mass is 9.82. The van der Waals surface area contributed by atoms with Crippen molar-refractivity contribution in [3.8, 4) is 0 Å². The van der Waals surface area contributed by atoms with Crippen LogP contribution in [0, 0.1) is 20.2 Å². The van der Waals surface area contributed by atoms with Gasteiger partial charge in [0, 0.05) is 48.9 Å². The molecule has 4 unspecified atom stereocenters. The zero-order valence-corrected chi connectivity index (χ0v) is 19.5. The molecule has 0 aliphatic heterocycles. The molecular formula is C23H27N3O8. The summed E-state index contributed by atoms with van der Waals surface area (Å²) in [5.41, 5.74) is -1.01. The number of rotatable bonds is 6. The van der Waals surface area contributed by atoms with Gasteiger partial charge in [-0.3, -0.25) is 25.2 Å². The second-order valence-electron chi connectivity index (χ2n) is 9.65. The number of pyridine rings is 1. The van der Waals surface area contributed by atoms with Crippen molar-refractivity contribution < 1.29 is 28.9 Å². The number of esters is 2. The first-order chi connectivity index (χ1) is 15.8. The van der Waals surface area contributed by atoms with Gasteiger partial charge in [0.2, 0.25) is 11.1 Å². The summed E-state index contributed by atoms with van der Waals surface area (Å²) in [6.45, 7) is 6.50. The molecule has 11 nitrogen and oxygen atoms in total. The molecule has 1 aromatic heterocycles. The highest BCUT2D eigenvalue weighted by molar-refractivity contribution is 5.95. The van der Waals surface area contributed by atoms with E-state index in [2.05, 4.69) is 4.98 Å². The van der Waals surface area contributed by atoms with Gasteiger partial charge in [0.05, 0.1) is 24.0 Å². The van der Waals surface area contributed by atoms with Gasteiger partial charge in [-0.1, -0.05) is 11.1 Å². The molecule has 182 valence electrons. The number of nitrogens with zero attached hydrogens (tertiary/aromatic N) is 3. The first kappa shape index (κ1) is 25.0. The van der Waals surface area contributed by atoms with Crippen LogP contribution >= 0.6 is 0 Å². The summed E-state index contributed by atoms with van der Waals surface area (Å²) < 4.78 is 10.9. The van der Waals surface area contributed by atoms with Crippen LogP contribution in [0.3, 0.4) is 0 Å². The molecule has 0 fully saturated rings. The maximum absolute atomic E-state index is 12.7. The van der Waals surface area contributed by atoms with E-state index in [9.17, 15) is 29.8 Å². The Morgan fingerprint density at radius 2 is 1.26 bits per heavy atom. The molecule has 1 heterocycles. The maximum Gasteiger partial charge on any atom is 0.340 e. The van der Waals surface area contributed by atoms with Crippen LogP contribution in [0.4, 0.5) is 0 Å². The summed E-state index contributed by atoms with van der Waals surface area (Å²) in [5, 5.41) is 22.9. The van der Waals surface area contributed by atoms with Crippen LogP contribution in [-0.4, -0.2) is 50.1 Å². The molecule has 34 heavy (non-hydrogen) atoms. The summed E-state index contributed by atoms with van der Waals surface area (Å²) in [7, 11) is 0. The molecule has 0 N–H and O–H groups in total. The molecule has 3 rings (SSSR count). The summed E-state index contributed by atoms with van der Waals surface area (Å²) >= 11 is 0. The number of ether oxygens (including phenoxy) is 2. The number of carbonyl (C=O) groups is 2. The average molecular weight is 473 g/mol. The molecule has 2 aliphatic carbocycles. The van der Waals surface area contributed by atoms with Crippen molar-refractivity contribution in [3.05, 3.63) is 73.1 Å². The largest absolute Gasteiger partial charge is 0.454 e. The average Bonchev–Trinajstić information content (AvgIpc) is 2.72. The summed E-state index contributed by atoms with van der Waals surface area (Å²) in [5.74, 6) is -1.56. The Morgan fingerprint density at radius 3 is 1.62 bits per heavy atom. The Hall–Kier alpha value is -3.63. The number of nitro groups is 2. The topological polar surface area (TPSA) is 152 Å². The fourth-order valence-electron chi connectivity index (χ4n) is 4.59. The number of hydrogen-bond acceptors (Lipinski definition) is 9. The predicted molar refractivity (Wildman–Crippen MR) is 119 cm³/mol. The molecule has 0 saturated carbocycles. The predicted octanol–water partition coefficient (Wildman–Crippen LogP) is 3.68. The van der Waals surface area contributed by atoms with Crippen LogP contribution in [0.1, 0.15) is 74.1 Å². The van der Waals surface area contributed by atoms with Crippen LogP contribution in [-0.2, 0) is 9.47 Å². The second kappa shape index (κ2) is 9.32. The molecule has 1 aromatic rings. The minimum atomic E-state index is -1.24. The van der Waals surface area contributed by atoms with Gasteiger partial charge in [-0.15, -0.1) is 0 Å². The first-order valence-electron chi connectivity index (χ1n) is 10.8. The molecular weight excluding hydrogens is 446 g/mol. The van der Waals surface area contributed by atoms with E-state index in [0.29, 0.717) is 0 Å². The van der Waals surface area contributed by atoms with Gasteiger partial charge in [0.1, 0.15) is 12.2 Å². The normalized spacial score (nSPS) is 28.8. The van der Waals surface area contributed by atoms with Gasteiger partial charge >= 0.3 is 11.9 Å². The number of carbonyl (C=O) groups excluding carboxylic acids is 2. The van der Waals surface area contributed by atoms with Gasteiger partial charge in [-0.05, 0) is 32.1 Å². The van der Waals surface area contributed by atoms with Gasteiger partial charge in [0.25, 0.3) is 0 Å². The van der Waals surface area contributed by atoms with E-state index in [-0.39, 0.29) is 46.7 Å². The minimum absolute atomic E-state index is 0.0145.